The number of benzene rings is 1. The van der Waals surface area contributed by atoms with E-state index in [0.717, 1.165) is 35.5 Å². The maximum atomic E-state index is 12.7. The number of nitrogens with zero attached hydrogens (tertiary/aromatic N) is 6. The van der Waals surface area contributed by atoms with Gasteiger partial charge in [0.15, 0.2) is 0 Å². The number of hydrogen-bond donors (Lipinski definition) is 1. The predicted octanol–water partition coefficient (Wildman–Crippen LogP) is 2.20. The van der Waals surface area contributed by atoms with E-state index >= 15 is 0 Å². The van der Waals surface area contributed by atoms with Crippen molar-refractivity contribution in [1.29, 1.82) is 5.26 Å². The highest BCUT2D eigenvalue weighted by Crippen LogP contribution is 2.30. The minimum Gasteiger partial charge on any atom is -0.364 e. The van der Waals surface area contributed by atoms with Crippen LogP contribution in [0.1, 0.15) is 22.4 Å². The number of pyridine rings is 1. The zero-order valence-corrected chi connectivity index (χ0v) is 18.4. The normalized spacial score (nSPS) is 16.2. The number of nitrogens with one attached hydrogen (secondary N) is 1. The second-order valence-electron chi connectivity index (χ2n) is 8.33. The van der Waals surface area contributed by atoms with Gasteiger partial charge in [0.2, 0.25) is 5.91 Å². The fraction of sp³-hybridized carbons (Fsp3) is 0.333. The van der Waals surface area contributed by atoms with E-state index < -0.39 is 0 Å². The number of fused-ring (bicyclic) bond motifs is 1. The third-order valence-corrected chi connectivity index (χ3v) is 5.82. The van der Waals surface area contributed by atoms with Crippen molar-refractivity contribution in [3.05, 3.63) is 77.6 Å². The van der Waals surface area contributed by atoms with Gasteiger partial charge in [-0.05, 0) is 41.8 Å². The Morgan fingerprint density at radius 2 is 2.16 bits per heavy atom. The second-order valence-corrected chi connectivity index (χ2v) is 8.33. The molecule has 3 heterocycles. The van der Waals surface area contributed by atoms with Crippen LogP contribution in [0.5, 0.6) is 0 Å². The average molecular weight is 430 g/mol. The lowest BCUT2D eigenvalue weighted by Crippen LogP contribution is -2.46. The molecular weight excluding hydrogens is 402 g/mol. The Morgan fingerprint density at radius 3 is 2.84 bits per heavy atom. The van der Waals surface area contributed by atoms with E-state index in [0.29, 0.717) is 25.2 Å². The van der Waals surface area contributed by atoms with Crippen molar-refractivity contribution in [3.8, 4) is 6.07 Å². The van der Waals surface area contributed by atoms with Crippen LogP contribution in [0.3, 0.4) is 0 Å². The fourth-order valence-corrected chi connectivity index (χ4v) is 4.12. The number of hydrogen-bond acceptors (Lipinski definition) is 6. The maximum absolute atomic E-state index is 12.7. The Hall–Kier alpha value is -3.70. The maximum Gasteiger partial charge on any atom is 0.236 e. The first-order valence-electron chi connectivity index (χ1n) is 10.6. The molecule has 1 aliphatic heterocycles. The van der Waals surface area contributed by atoms with E-state index in [-0.39, 0.29) is 11.9 Å². The molecule has 1 N–H and O–H groups in total. The summed E-state index contributed by atoms with van der Waals surface area (Å²) in [6, 6.07) is 12.2. The highest BCUT2D eigenvalue weighted by atomic mass is 16.2. The number of carbonyl (C=O) groups excluding carboxylic acids is 1. The molecule has 1 amide bonds. The lowest BCUT2D eigenvalue weighted by molar-refractivity contribution is -0.130. The number of aromatic nitrogens is 3. The summed E-state index contributed by atoms with van der Waals surface area (Å²) in [6.07, 6.45) is 7.94. The summed E-state index contributed by atoms with van der Waals surface area (Å²) in [5.41, 5.74) is 4.89. The quantitative estimate of drug-likeness (QED) is 0.646. The van der Waals surface area contributed by atoms with Crippen molar-refractivity contribution in [2.24, 2.45) is 0 Å². The topological polar surface area (TPSA) is 92.2 Å². The molecule has 1 aliphatic rings. The van der Waals surface area contributed by atoms with E-state index in [1.165, 1.54) is 0 Å². The summed E-state index contributed by atoms with van der Waals surface area (Å²) in [5, 5.41) is 9.46. The Labute approximate surface area is 188 Å². The van der Waals surface area contributed by atoms with E-state index in [9.17, 15) is 10.1 Å². The summed E-state index contributed by atoms with van der Waals surface area (Å²) in [5.74, 6) is 0.0567. The van der Waals surface area contributed by atoms with Gasteiger partial charge < -0.3 is 14.8 Å². The number of carbonyl (C=O) groups is 1. The first-order valence-corrected chi connectivity index (χ1v) is 10.6. The Balaban J connectivity index is 1.72. The number of H-pyrrole nitrogens is 1. The van der Waals surface area contributed by atoms with Crippen LogP contribution in [-0.2, 0) is 24.3 Å². The molecule has 164 valence electrons. The van der Waals surface area contributed by atoms with Crippen LogP contribution in [0, 0.1) is 11.3 Å². The molecule has 0 fully saturated rings. The highest BCUT2D eigenvalue weighted by Gasteiger charge is 2.30. The number of amides is 1. The SMILES string of the molecule is CN(C)C(=O)CN1Cc2cc(C#N)ccc2N(Cc2cnc[nH]2)C[C@H]1Cc1cccnc1. The first kappa shape index (κ1) is 21.5. The molecule has 32 heavy (non-hydrogen) atoms. The van der Waals surface area contributed by atoms with Crippen molar-refractivity contribution in [3.63, 3.8) is 0 Å². The largest absolute Gasteiger partial charge is 0.364 e. The van der Waals surface area contributed by atoms with E-state index in [2.05, 4.69) is 36.9 Å². The van der Waals surface area contributed by atoms with Gasteiger partial charge in [-0.2, -0.15) is 5.26 Å². The molecule has 8 heteroatoms. The molecule has 0 saturated heterocycles. The van der Waals surface area contributed by atoms with Crippen molar-refractivity contribution in [2.75, 3.05) is 32.1 Å². The van der Waals surface area contributed by atoms with Gasteiger partial charge in [0.1, 0.15) is 0 Å². The predicted molar refractivity (Wildman–Crippen MR) is 122 cm³/mol. The Morgan fingerprint density at radius 1 is 1.28 bits per heavy atom. The van der Waals surface area contributed by atoms with Gasteiger partial charge in [0.05, 0.1) is 36.7 Å². The van der Waals surface area contributed by atoms with Crippen LogP contribution in [0.15, 0.2) is 55.2 Å². The average Bonchev–Trinajstić information content (AvgIpc) is 3.26. The van der Waals surface area contributed by atoms with Gasteiger partial charge in [-0.15, -0.1) is 0 Å². The lowest BCUT2D eigenvalue weighted by atomic mass is 10.1. The van der Waals surface area contributed by atoms with E-state index in [4.69, 9.17) is 0 Å². The molecule has 8 nitrogen and oxygen atoms in total. The minimum absolute atomic E-state index is 0.0567. The smallest absolute Gasteiger partial charge is 0.236 e. The van der Waals surface area contributed by atoms with Crippen molar-refractivity contribution >= 4 is 11.6 Å². The number of anilines is 1. The number of imidazole rings is 1. The van der Waals surface area contributed by atoms with Crippen molar-refractivity contribution in [2.45, 2.75) is 25.6 Å². The monoisotopic (exact) mass is 429 g/mol. The molecule has 0 saturated carbocycles. The zero-order chi connectivity index (χ0) is 22.5. The molecule has 4 rings (SSSR count). The zero-order valence-electron chi connectivity index (χ0n) is 18.4. The number of nitriles is 1. The van der Waals surface area contributed by atoms with Gasteiger partial charge in [0, 0.05) is 57.5 Å². The van der Waals surface area contributed by atoms with E-state index in [1.54, 1.807) is 31.5 Å². The van der Waals surface area contributed by atoms with E-state index in [1.807, 2.05) is 36.7 Å². The highest BCUT2D eigenvalue weighted by molar-refractivity contribution is 5.77. The van der Waals surface area contributed by atoms with Crippen molar-refractivity contribution < 1.29 is 4.79 Å². The molecular formula is C24H27N7O. The van der Waals surface area contributed by atoms with Gasteiger partial charge in [0.25, 0.3) is 0 Å². The molecule has 1 aromatic carbocycles. The molecule has 0 aliphatic carbocycles. The van der Waals surface area contributed by atoms with Crippen molar-refractivity contribution in [1.82, 2.24) is 24.8 Å². The Kier molecular flexibility index (Phi) is 6.47. The van der Waals surface area contributed by atoms with Gasteiger partial charge in [-0.1, -0.05) is 6.07 Å². The third kappa shape index (κ3) is 4.95. The summed E-state index contributed by atoms with van der Waals surface area (Å²) < 4.78 is 0. The third-order valence-electron chi connectivity index (χ3n) is 5.82. The number of aromatic amines is 1. The number of likely N-dealkylation sites (N-methyl/N-ethyl adjacent to an activating group) is 1. The van der Waals surface area contributed by atoms with Gasteiger partial charge in [-0.25, -0.2) is 4.98 Å². The number of rotatable bonds is 6. The van der Waals surface area contributed by atoms with Crippen LogP contribution in [0.25, 0.3) is 0 Å². The first-order chi connectivity index (χ1) is 15.5. The molecule has 3 aromatic rings. The van der Waals surface area contributed by atoms with Crippen LogP contribution in [0.2, 0.25) is 0 Å². The fourth-order valence-electron chi connectivity index (χ4n) is 4.12. The molecule has 2 aromatic heterocycles. The molecule has 0 spiro atoms. The molecule has 1 atom stereocenters. The minimum atomic E-state index is 0.0567. The lowest BCUT2D eigenvalue weighted by Gasteiger charge is -2.33. The van der Waals surface area contributed by atoms with Crippen LogP contribution in [-0.4, -0.2) is 63.9 Å². The summed E-state index contributed by atoms with van der Waals surface area (Å²) in [6.45, 7) is 2.30. The summed E-state index contributed by atoms with van der Waals surface area (Å²) in [7, 11) is 3.56. The standard InChI is InChI=1S/C24H27N7O/c1-29(2)24(32)16-30-13-20-8-18(10-25)5-6-23(20)31(14-21-12-27-17-28-21)15-22(30)9-19-4-3-7-26-11-19/h3-8,11-12,17,22H,9,13-16H2,1-2H3,(H,27,28)/t22-/m1/s1. The Bertz CT molecular complexity index is 1090. The summed E-state index contributed by atoms with van der Waals surface area (Å²) in [4.78, 5) is 30.5. The molecule has 0 bridgehead atoms. The molecule has 0 unspecified atom stereocenters. The molecule has 0 radical (unpaired) electrons. The van der Waals surface area contributed by atoms with Crippen LogP contribution < -0.4 is 4.90 Å². The second kappa shape index (κ2) is 9.62. The van der Waals surface area contributed by atoms with Crippen LogP contribution in [0.4, 0.5) is 5.69 Å². The summed E-state index contributed by atoms with van der Waals surface area (Å²) >= 11 is 0. The van der Waals surface area contributed by atoms with Crippen LogP contribution >= 0.6 is 0 Å². The van der Waals surface area contributed by atoms with Gasteiger partial charge >= 0.3 is 0 Å². The van der Waals surface area contributed by atoms with Gasteiger partial charge in [-0.3, -0.25) is 14.7 Å².